The highest BCUT2D eigenvalue weighted by atomic mass is 16.8. The number of rotatable bonds is 0. The van der Waals surface area contributed by atoms with Crippen molar-refractivity contribution in [3.63, 3.8) is 0 Å². The van der Waals surface area contributed by atoms with Crippen LogP contribution < -0.4 is 5.43 Å². The van der Waals surface area contributed by atoms with Crippen molar-refractivity contribution in [3.8, 4) is 0 Å². The van der Waals surface area contributed by atoms with Crippen molar-refractivity contribution in [2.75, 3.05) is 6.54 Å². The maximum absolute atomic E-state index is 11.3. The third-order valence-corrected chi connectivity index (χ3v) is 2.82. The van der Waals surface area contributed by atoms with Gasteiger partial charge in [0.25, 0.3) is 0 Å². The van der Waals surface area contributed by atoms with Crippen LogP contribution in [0.3, 0.4) is 0 Å². The second-order valence-electron chi connectivity index (χ2n) is 4.69. The smallest absolute Gasteiger partial charge is 0.233 e. The molecule has 3 atom stereocenters. The summed E-state index contributed by atoms with van der Waals surface area (Å²) in [4.78, 5) is 11.3. The molecule has 2 aliphatic heterocycles. The van der Waals surface area contributed by atoms with E-state index in [-0.39, 0.29) is 24.2 Å². The molecule has 2 rings (SSSR count). The molecule has 5 nitrogen and oxygen atoms in total. The molecule has 0 aromatic rings. The molecule has 2 fully saturated rings. The van der Waals surface area contributed by atoms with E-state index in [1.807, 2.05) is 20.8 Å². The molecule has 15 heavy (non-hydrogen) atoms. The maximum Gasteiger partial charge on any atom is 0.233 e. The zero-order valence-electron chi connectivity index (χ0n) is 9.61. The van der Waals surface area contributed by atoms with Gasteiger partial charge in [-0.15, -0.1) is 0 Å². The monoisotopic (exact) mass is 214 g/mol. The Bertz CT molecular complexity index is 280. The number of nitrogens with zero attached hydrogens (tertiary/aromatic N) is 1. The molecular weight excluding hydrogens is 196 g/mol. The molecule has 2 saturated heterocycles. The second-order valence-corrected chi connectivity index (χ2v) is 4.69. The highest BCUT2D eigenvalue weighted by Crippen LogP contribution is 2.32. The first-order valence-electron chi connectivity index (χ1n) is 5.29. The number of carbonyl (C=O) groups excluding carboxylic acids is 1. The number of hydrogen-bond donors (Lipinski definition) is 1. The molecule has 1 N–H and O–H groups in total. The van der Waals surface area contributed by atoms with Gasteiger partial charge in [0.05, 0.1) is 12.6 Å². The highest BCUT2D eigenvalue weighted by molar-refractivity contribution is 5.72. The van der Waals surface area contributed by atoms with E-state index in [0.717, 1.165) is 0 Å². The largest absolute Gasteiger partial charge is 0.343 e. The average Bonchev–Trinajstić information content (AvgIpc) is 2.39. The zero-order valence-corrected chi connectivity index (χ0v) is 9.61. The number of amides is 1. The first-order chi connectivity index (χ1) is 6.89. The van der Waals surface area contributed by atoms with Crippen LogP contribution in [0.5, 0.6) is 0 Å². The molecule has 2 aliphatic rings. The van der Waals surface area contributed by atoms with Gasteiger partial charge in [-0.05, 0) is 20.8 Å². The standard InChI is InChI=1S/C10H18N2O3/c1-6-9-8(14-10(3,4)15-9)5-12(11-6)7(2)13/h6,8-9,11H,5H2,1-4H3. The lowest BCUT2D eigenvalue weighted by atomic mass is 10.1. The van der Waals surface area contributed by atoms with E-state index >= 15 is 0 Å². The van der Waals surface area contributed by atoms with E-state index in [2.05, 4.69) is 5.43 Å². The maximum atomic E-state index is 11.3. The second kappa shape index (κ2) is 3.43. The Balaban J connectivity index is 2.10. The summed E-state index contributed by atoms with van der Waals surface area (Å²) in [5, 5.41) is 1.59. The number of carbonyl (C=O) groups is 1. The summed E-state index contributed by atoms with van der Waals surface area (Å²) in [7, 11) is 0. The predicted molar refractivity (Wildman–Crippen MR) is 53.8 cm³/mol. The molecule has 3 unspecified atom stereocenters. The van der Waals surface area contributed by atoms with Crippen molar-refractivity contribution < 1.29 is 14.3 Å². The fourth-order valence-corrected chi connectivity index (χ4v) is 2.20. The van der Waals surface area contributed by atoms with Crippen molar-refractivity contribution >= 4 is 5.91 Å². The molecule has 0 bridgehead atoms. The Morgan fingerprint density at radius 1 is 1.47 bits per heavy atom. The number of hydrogen-bond acceptors (Lipinski definition) is 4. The average molecular weight is 214 g/mol. The Hall–Kier alpha value is -0.650. The molecule has 0 radical (unpaired) electrons. The zero-order chi connectivity index (χ0) is 11.2. The van der Waals surface area contributed by atoms with Gasteiger partial charge in [-0.1, -0.05) is 0 Å². The summed E-state index contributed by atoms with van der Waals surface area (Å²) in [6.07, 6.45) is -0.00394. The van der Waals surface area contributed by atoms with Crippen LogP contribution in [0.2, 0.25) is 0 Å². The van der Waals surface area contributed by atoms with Crippen LogP contribution in [0.1, 0.15) is 27.7 Å². The van der Waals surface area contributed by atoms with Gasteiger partial charge < -0.3 is 9.47 Å². The van der Waals surface area contributed by atoms with E-state index in [1.165, 1.54) is 0 Å². The lowest BCUT2D eigenvalue weighted by Crippen LogP contribution is -2.61. The Kier molecular flexibility index (Phi) is 2.48. The predicted octanol–water partition coefficient (Wildman–Crippen LogP) is 0.262. The minimum absolute atomic E-state index is 0.00797. The summed E-state index contributed by atoms with van der Waals surface area (Å²) in [5.41, 5.74) is 3.10. The van der Waals surface area contributed by atoms with E-state index < -0.39 is 5.79 Å². The van der Waals surface area contributed by atoms with E-state index in [9.17, 15) is 4.79 Å². The summed E-state index contributed by atoms with van der Waals surface area (Å²) >= 11 is 0. The van der Waals surface area contributed by atoms with Crippen LogP contribution in [0.25, 0.3) is 0 Å². The van der Waals surface area contributed by atoms with E-state index in [4.69, 9.17) is 9.47 Å². The molecule has 0 aromatic carbocycles. The lowest BCUT2D eigenvalue weighted by Gasteiger charge is -2.37. The van der Waals surface area contributed by atoms with Crippen LogP contribution >= 0.6 is 0 Å². The van der Waals surface area contributed by atoms with Gasteiger partial charge in [0, 0.05) is 6.92 Å². The van der Waals surface area contributed by atoms with E-state index in [1.54, 1.807) is 11.9 Å². The van der Waals surface area contributed by atoms with Crippen molar-refractivity contribution in [3.05, 3.63) is 0 Å². The highest BCUT2D eigenvalue weighted by Gasteiger charge is 2.47. The number of hydrazine groups is 1. The van der Waals surface area contributed by atoms with Gasteiger partial charge in [-0.25, -0.2) is 5.43 Å². The Morgan fingerprint density at radius 2 is 2.13 bits per heavy atom. The first kappa shape index (κ1) is 10.9. The molecule has 5 heteroatoms. The van der Waals surface area contributed by atoms with Crippen LogP contribution in [0, 0.1) is 0 Å². The van der Waals surface area contributed by atoms with Crippen molar-refractivity contribution in [2.45, 2.75) is 51.7 Å². The number of ether oxygens (including phenoxy) is 2. The van der Waals surface area contributed by atoms with Crippen LogP contribution in [-0.2, 0) is 14.3 Å². The van der Waals surface area contributed by atoms with Gasteiger partial charge in [0.2, 0.25) is 5.91 Å². The summed E-state index contributed by atoms with van der Waals surface area (Å²) in [6, 6.07) is 0.0921. The topological polar surface area (TPSA) is 50.8 Å². The Labute approximate surface area is 89.7 Å². The summed E-state index contributed by atoms with van der Waals surface area (Å²) < 4.78 is 11.5. The van der Waals surface area contributed by atoms with Gasteiger partial charge in [0.1, 0.15) is 12.2 Å². The summed E-state index contributed by atoms with van der Waals surface area (Å²) in [6.45, 7) is 7.89. The third-order valence-electron chi connectivity index (χ3n) is 2.82. The fraction of sp³-hybridized carbons (Fsp3) is 0.900. The van der Waals surface area contributed by atoms with Gasteiger partial charge in [-0.3, -0.25) is 9.80 Å². The van der Waals surface area contributed by atoms with Crippen LogP contribution in [0.4, 0.5) is 0 Å². The SMILES string of the molecule is CC(=O)N1CC2OC(C)(C)OC2C(C)N1. The van der Waals surface area contributed by atoms with Crippen molar-refractivity contribution in [1.82, 2.24) is 10.4 Å². The number of nitrogens with one attached hydrogen (secondary N) is 1. The molecule has 1 amide bonds. The van der Waals surface area contributed by atoms with Gasteiger partial charge >= 0.3 is 0 Å². The fourth-order valence-electron chi connectivity index (χ4n) is 2.20. The molecular formula is C10H18N2O3. The lowest BCUT2D eigenvalue weighted by molar-refractivity contribution is -0.147. The molecule has 0 saturated carbocycles. The van der Waals surface area contributed by atoms with Gasteiger partial charge in [0.15, 0.2) is 5.79 Å². The Morgan fingerprint density at radius 3 is 2.73 bits per heavy atom. The molecule has 0 aromatic heterocycles. The molecule has 2 heterocycles. The van der Waals surface area contributed by atoms with Crippen LogP contribution in [-0.4, -0.2) is 41.5 Å². The van der Waals surface area contributed by atoms with Gasteiger partial charge in [-0.2, -0.15) is 0 Å². The van der Waals surface area contributed by atoms with Crippen molar-refractivity contribution in [2.24, 2.45) is 0 Å². The van der Waals surface area contributed by atoms with Crippen molar-refractivity contribution in [1.29, 1.82) is 0 Å². The quantitative estimate of drug-likeness (QED) is 0.628. The minimum atomic E-state index is -0.544. The molecule has 0 spiro atoms. The molecule has 0 aliphatic carbocycles. The normalized spacial score (nSPS) is 38.9. The van der Waals surface area contributed by atoms with Crippen LogP contribution in [0.15, 0.2) is 0 Å². The van der Waals surface area contributed by atoms with E-state index in [0.29, 0.717) is 6.54 Å². The number of fused-ring (bicyclic) bond motifs is 1. The first-order valence-corrected chi connectivity index (χ1v) is 5.29. The minimum Gasteiger partial charge on any atom is -0.343 e. The molecule has 86 valence electrons. The third kappa shape index (κ3) is 2.00. The summed E-state index contributed by atoms with van der Waals surface area (Å²) in [5.74, 6) is -0.536.